The fraction of sp³-hybridized carbons (Fsp3) is 0.0213. The minimum atomic E-state index is -0.694. The number of nitrogens with zero attached hydrogens (tertiary/aromatic N) is 4. The summed E-state index contributed by atoms with van der Waals surface area (Å²) in [5, 5.41) is 11.6. The Kier molecular flexibility index (Phi) is 6.98. The van der Waals surface area contributed by atoms with E-state index in [9.17, 15) is 5.26 Å². The van der Waals surface area contributed by atoms with Crippen molar-refractivity contribution in [3.05, 3.63) is 198 Å². The number of aromatic nitrogens is 3. The lowest BCUT2D eigenvalue weighted by Crippen LogP contribution is -2.34. The molecule has 0 N–H and O–H groups in total. The van der Waals surface area contributed by atoms with Crippen LogP contribution in [0.5, 0.6) is 11.5 Å². The van der Waals surface area contributed by atoms with Gasteiger partial charge in [0.15, 0.2) is 17.5 Å². The van der Waals surface area contributed by atoms with Gasteiger partial charge in [-0.05, 0) is 77.9 Å². The summed E-state index contributed by atoms with van der Waals surface area (Å²) in [6, 6.07) is 59.2. The topological polar surface area (TPSA) is 84.8 Å². The molecule has 1 aliphatic rings. The van der Waals surface area contributed by atoms with Gasteiger partial charge < -0.3 is 9.15 Å². The second-order valence-corrected chi connectivity index (χ2v) is 13.1. The first kappa shape index (κ1) is 30.5. The molecule has 6 heteroatoms. The van der Waals surface area contributed by atoms with Gasteiger partial charge in [0.1, 0.15) is 22.7 Å². The highest BCUT2D eigenvalue weighted by Gasteiger charge is 2.45. The number of benzene rings is 7. The van der Waals surface area contributed by atoms with Crippen LogP contribution >= 0.6 is 0 Å². The molecule has 0 bridgehead atoms. The molecule has 0 radical (unpaired) electrons. The molecule has 0 fully saturated rings. The van der Waals surface area contributed by atoms with Crippen molar-refractivity contribution in [2.75, 3.05) is 0 Å². The van der Waals surface area contributed by atoms with E-state index in [-0.39, 0.29) is 0 Å². The summed E-state index contributed by atoms with van der Waals surface area (Å²) < 4.78 is 12.9. The van der Waals surface area contributed by atoms with Crippen LogP contribution in [-0.2, 0) is 5.41 Å². The number of para-hydroxylation sites is 2. The van der Waals surface area contributed by atoms with Crippen LogP contribution in [0.2, 0.25) is 0 Å². The van der Waals surface area contributed by atoms with Crippen molar-refractivity contribution in [3.8, 4) is 51.7 Å². The normalized spacial score (nSPS) is 12.8. The van der Waals surface area contributed by atoms with Crippen molar-refractivity contribution in [1.29, 1.82) is 5.26 Å². The lowest BCUT2D eigenvalue weighted by atomic mass is 9.63. The molecule has 9 aromatic rings. The van der Waals surface area contributed by atoms with Crippen molar-refractivity contribution < 1.29 is 9.15 Å². The molecule has 0 spiro atoms. The zero-order valence-corrected chi connectivity index (χ0v) is 28.3. The summed E-state index contributed by atoms with van der Waals surface area (Å²) in [5.41, 5.74) is 8.11. The van der Waals surface area contributed by atoms with Gasteiger partial charge in [-0.2, -0.15) is 5.26 Å². The highest BCUT2D eigenvalue weighted by atomic mass is 16.5. The minimum Gasteiger partial charge on any atom is -0.457 e. The second-order valence-electron chi connectivity index (χ2n) is 13.1. The molecule has 10 rings (SSSR count). The maximum Gasteiger partial charge on any atom is 0.164 e. The molecule has 0 amide bonds. The smallest absolute Gasteiger partial charge is 0.164 e. The van der Waals surface area contributed by atoms with E-state index in [1.54, 1.807) is 12.1 Å². The molecule has 1 aliphatic heterocycles. The highest BCUT2D eigenvalue weighted by molar-refractivity contribution is 6.05. The fourth-order valence-electron chi connectivity index (χ4n) is 7.67. The summed E-state index contributed by atoms with van der Waals surface area (Å²) >= 11 is 0. The van der Waals surface area contributed by atoms with Gasteiger partial charge in [-0.1, -0.05) is 103 Å². The third-order valence-electron chi connectivity index (χ3n) is 10.1. The second kappa shape index (κ2) is 12.2. The fourth-order valence-corrected chi connectivity index (χ4v) is 7.67. The molecular weight excluding hydrogens is 653 g/mol. The first-order chi connectivity index (χ1) is 26.2. The molecule has 0 saturated carbocycles. The van der Waals surface area contributed by atoms with Crippen molar-refractivity contribution in [2.24, 2.45) is 0 Å². The number of ether oxygens (including phenoxy) is 1. The third-order valence-corrected chi connectivity index (χ3v) is 10.1. The first-order valence-corrected chi connectivity index (χ1v) is 17.4. The van der Waals surface area contributed by atoms with E-state index in [2.05, 4.69) is 84.9 Å². The van der Waals surface area contributed by atoms with E-state index in [0.717, 1.165) is 72.4 Å². The number of nitriles is 1. The number of hydrogen-bond acceptors (Lipinski definition) is 6. The number of fused-ring (bicyclic) bond motifs is 5. The van der Waals surface area contributed by atoms with Crippen LogP contribution in [0.15, 0.2) is 174 Å². The van der Waals surface area contributed by atoms with Crippen LogP contribution in [0, 0.1) is 11.3 Å². The molecule has 248 valence electrons. The summed E-state index contributed by atoms with van der Waals surface area (Å²) in [4.78, 5) is 15.2. The van der Waals surface area contributed by atoms with Gasteiger partial charge in [0.05, 0.1) is 17.0 Å². The molecule has 2 aromatic heterocycles. The standard InChI is InChI=1S/C47H28N4O2/c48-29-30-19-21-31(22-20-30)44-49-45(51-46(50-44)33-23-25-37-36-15-7-9-17-40(36)52-43(37)28-33)32-24-26-42-39(27-32)47(34-11-3-1-4-12-34,35-13-5-2-6-14-35)38-16-8-10-18-41(38)53-42/h1-28H. The maximum atomic E-state index is 9.48. The van der Waals surface area contributed by atoms with Crippen molar-refractivity contribution in [2.45, 2.75) is 5.41 Å². The number of furan rings is 1. The van der Waals surface area contributed by atoms with Gasteiger partial charge in [-0.3, -0.25) is 0 Å². The number of hydrogen-bond donors (Lipinski definition) is 0. The Labute approximate surface area is 305 Å². The van der Waals surface area contributed by atoms with Crippen LogP contribution in [0.1, 0.15) is 27.8 Å². The Morgan fingerprint density at radius 2 is 1.00 bits per heavy atom. The molecule has 7 aromatic carbocycles. The molecular formula is C47H28N4O2. The Balaban J connectivity index is 1.21. The minimum absolute atomic E-state index is 0.496. The quantitative estimate of drug-likeness (QED) is 0.180. The van der Waals surface area contributed by atoms with E-state index in [0.29, 0.717) is 23.0 Å². The van der Waals surface area contributed by atoms with Gasteiger partial charge >= 0.3 is 0 Å². The van der Waals surface area contributed by atoms with E-state index >= 15 is 0 Å². The van der Waals surface area contributed by atoms with Crippen molar-refractivity contribution in [1.82, 2.24) is 15.0 Å². The van der Waals surface area contributed by atoms with Crippen LogP contribution in [0.4, 0.5) is 0 Å². The molecule has 53 heavy (non-hydrogen) atoms. The summed E-state index contributed by atoms with van der Waals surface area (Å²) in [5.74, 6) is 3.09. The maximum absolute atomic E-state index is 9.48. The number of rotatable bonds is 5. The van der Waals surface area contributed by atoms with Crippen LogP contribution < -0.4 is 4.74 Å². The third kappa shape index (κ3) is 4.90. The van der Waals surface area contributed by atoms with E-state index in [1.165, 1.54) is 0 Å². The zero-order valence-electron chi connectivity index (χ0n) is 28.3. The molecule has 0 saturated heterocycles. The predicted octanol–water partition coefficient (Wildman–Crippen LogP) is 11.1. The van der Waals surface area contributed by atoms with Gasteiger partial charge in [0.25, 0.3) is 0 Å². The highest BCUT2D eigenvalue weighted by Crippen LogP contribution is 2.55. The predicted molar refractivity (Wildman–Crippen MR) is 207 cm³/mol. The van der Waals surface area contributed by atoms with Gasteiger partial charge in [-0.25, -0.2) is 15.0 Å². The van der Waals surface area contributed by atoms with E-state index in [1.807, 2.05) is 78.9 Å². The van der Waals surface area contributed by atoms with Gasteiger partial charge in [-0.15, -0.1) is 0 Å². The van der Waals surface area contributed by atoms with Crippen LogP contribution in [0.3, 0.4) is 0 Å². The summed E-state index contributed by atoms with van der Waals surface area (Å²) in [7, 11) is 0. The molecule has 6 nitrogen and oxygen atoms in total. The Morgan fingerprint density at radius 1 is 0.453 bits per heavy atom. The lowest BCUT2D eigenvalue weighted by molar-refractivity contribution is 0.434. The van der Waals surface area contributed by atoms with Gasteiger partial charge in [0, 0.05) is 38.6 Å². The van der Waals surface area contributed by atoms with Gasteiger partial charge in [0.2, 0.25) is 0 Å². The first-order valence-electron chi connectivity index (χ1n) is 17.4. The SMILES string of the molecule is N#Cc1ccc(-c2nc(-c3ccc4c(c3)C(c3ccccc3)(c3ccccc3)c3ccccc3O4)nc(-c3ccc4c(c3)oc3ccccc34)n2)cc1. The van der Waals surface area contributed by atoms with Crippen molar-refractivity contribution >= 4 is 21.9 Å². The Bertz CT molecular complexity index is 2840. The molecule has 3 heterocycles. The zero-order chi connectivity index (χ0) is 35.4. The lowest BCUT2D eigenvalue weighted by Gasteiger charge is -2.41. The largest absolute Gasteiger partial charge is 0.457 e. The van der Waals surface area contributed by atoms with Crippen LogP contribution in [0.25, 0.3) is 56.1 Å². The Morgan fingerprint density at radius 3 is 1.72 bits per heavy atom. The van der Waals surface area contributed by atoms with Crippen LogP contribution in [-0.4, -0.2) is 15.0 Å². The molecule has 0 aliphatic carbocycles. The molecule has 0 unspecified atom stereocenters. The summed E-state index contributed by atoms with van der Waals surface area (Å²) in [6.45, 7) is 0. The molecule has 0 atom stereocenters. The van der Waals surface area contributed by atoms with Crippen molar-refractivity contribution in [3.63, 3.8) is 0 Å². The average molecular weight is 681 g/mol. The van der Waals surface area contributed by atoms with E-state index < -0.39 is 5.41 Å². The Hall–Kier alpha value is -7.36. The summed E-state index contributed by atoms with van der Waals surface area (Å²) in [6.07, 6.45) is 0. The van der Waals surface area contributed by atoms with E-state index in [4.69, 9.17) is 24.1 Å². The monoisotopic (exact) mass is 680 g/mol. The average Bonchev–Trinajstić information content (AvgIpc) is 3.61.